The Labute approximate surface area is 175 Å². The van der Waals surface area contributed by atoms with Crippen molar-refractivity contribution < 1.29 is 9.21 Å². The van der Waals surface area contributed by atoms with Crippen molar-refractivity contribution in [1.29, 1.82) is 0 Å². The first-order chi connectivity index (χ1) is 14.0. The van der Waals surface area contributed by atoms with Crippen LogP contribution in [0.5, 0.6) is 0 Å². The third kappa shape index (κ3) is 4.24. The van der Waals surface area contributed by atoms with Gasteiger partial charge in [0.1, 0.15) is 5.76 Å². The molecule has 1 amide bonds. The molecule has 3 aromatic rings. The Balaban J connectivity index is 1.59. The van der Waals surface area contributed by atoms with Crippen molar-refractivity contribution in [2.75, 3.05) is 18.8 Å². The molecule has 1 saturated heterocycles. The zero-order valence-corrected chi connectivity index (χ0v) is 17.9. The highest BCUT2D eigenvalue weighted by molar-refractivity contribution is 7.99. The fraction of sp³-hybridized carbons (Fsp3) is 0.409. The van der Waals surface area contributed by atoms with Crippen molar-refractivity contribution in [2.24, 2.45) is 11.8 Å². The minimum absolute atomic E-state index is 0.164. The fourth-order valence-corrected chi connectivity index (χ4v) is 4.90. The van der Waals surface area contributed by atoms with Crippen LogP contribution in [0.15, 0.2) is 52.2 Å². The Morgan fingerprint density at radius 3 is 2.52 bits per heavy atom. The standard InChI is InChI=1S/C22H26N4O2S/c1-15-11-16(2)13-25(12-15)20(27)14-29-22-24-23-21(19-9-10-28-17(19)3)26(22)18-7-5-4-6-8-18/h4-10,15-16H,11-14H2,1-3H3. The third-order valence-electron chi connectivity index (χ3n) is 5.29. The van der Waals surface area contributed by atoms with Gasteiger partial charge in [-0.25, -0.2) is 0 Å². The van der Waals surface area contributed by atoms with Gasteiger partial charge < -0.3 is 9.32 Å². The number of aromatic nitrogens is 3. The van der Waals surface area contributed by atoms with Crippen LogP contribution in [0.3, 0.4) is 0 Å². The summed E-state index contributed by atoms with van der Waals surface area (Å²) in [5.74, 6) is 3.13. The largest absolute Gasteiger partial charge is 0.469 e. The number of para-hydroxylation sites is 1. The molecule has 0 bridgehead atoms. The van der Waals surface area contributed by atoms with Crippen LogP contribution in [0.25, 0.3) is 17.1 Å². The van der Waals surface area contributed by atoms with Crippen molar-refractivity contribution in [3.05, 3.63) is 48.4 Å². The van der Waals surface area contributed by atoms with E-state index in [1.807, 2.05) is 52.8 Å². The molecule has 1 aliphatic heterocycles. The first-order valence-corrected chi connectivity index (χ1v) is 11.0. The summed E-state index contributed by atoms with van der Waals surface area (Å²) >= 11 is 1.44. The molecule has 6 nitrogen and oxygen atoms in total. The first kappa shape index (κ1) is 19.8. The van der Waals surface area contributed by atoms with Gasteiger partial charge in [-0.2, -0.15) is 0 Å². The molecule has 1 fully saturated rings. The van der Waals surface area contributed by atoms with Crippen LogP contribution in [0.2, 0.25) is 0 Å². The second-order valence-electron chi connectivity index (χ2n) is 7.90. The van der Waals surface area contributed by atoms with Crippen LogP contribution in [0, 0.1) is 18.8 Å². The van der Waals surface area contributed by atoms with Crippen molar-refractivity contribution in [3.63, 3.8) is 0 Å². The lowest BCUT2D eigenvalue weighted by Crippen LogP contribution is -2.43. The molecule has 29 heavy (non-hydrogen) atoms. The second-order valence-corrected chi connectivity index (χ2v) is 8.84. The zero-order valence-electron chi connectivity index (χ0n) is 17.0. The van der Waals surface area contributed by atoms with Crippen LogP contribution in [0.1, 0.15) is 26.0 Å². The number of hydrogen-bond acceptors (Lipinski definition) is 5. The van der Waals surface area contributed by atoms with Crippen LogP contribution >= 0.6 is 11.8 Å². The maximum Gasteiger partial charge on any atom is 0.233 e. The summed E-state index contributed by atoms with van der Waals surface area (Å²) in [5.41, 5.74) is 1.86. The fourth-order valence-electron chi connectivity index (χ4n) is 4.05. The molecule has 1 aromatic carbocycles. The molecule has 2 aromatic heterocycles. The molecule has 0 N–H and O–H groups in total. The summed E-state index contributed by atoms with van der Waals surface area (Å²) in [4.78, 5) is 14.8. The Kier molecular flexibility index (Phi) is 5.76. The maximum atomic E-state index is 12.8. The molecule has 3 heterocycles. The molecule has 0 saturated carbocycles. The van der Waals surface area contributed by atoms with Crippen LogP contribution in [0.4, 0.5) is 0 Å². The Morgan fingerprint density at radius 2 is 1.86 bits per heavy atom. The molecule has 0 aliphatic carbocycles. The van der Waals surface area contributed by atoms with Crippen LogP contribution < -0.4 is 0 Å². The van der Waals surface area contributed by atoms with Gasteiger partial charge >= 0.3 is 0 Å². The van der Waals surface area contributed by atoms with E-state index in [-0.39, 0.29) is 5.91 Å². The molecular formula is C22H26N4O2S. The molecule has 0 spiro atoms. The summed E-state index contributed by atoms with van der Waals surface area (Å²) in [6.07, 6.45) is 2.84. The van der Waals surface area contributed by atoms with Crippen molar-refractivity contribution in [2.45, 2.75) is 32.3 Å². The average Bonchev–Trinajstić information content (AvgIpc) is 3.31. The zero-order chi connectivity index (χ0) is 20.4. The number of carbonyl (C=O) groups is 1. The quantitative estimate of drug-likeness (QED) is 0.582. The van der Waals surface area contributed by atoms with Gasteiger partial charge in [-0.3, -0.25) is 9.36 Å². The van der Waals surface area contributed by atoms with E-state index in [0.29, 0.717) is 22.7 Å². The van der Waals surface area contributed by atoms with Gasteiger partial charge in [0, 0.05) is 18.8 Å². The lowest BCUT2D eigenvalue weighted by molar-refractivity contribution is -0.130. The van der Waals surface area contributed by atoms with Gasteiger partial charge in [0.2, 0.25) is 5.91 Å². The van der Waals surface area contributed by atoms with Gasteiger partial charge in [0.05, 0.1) is 17.6 Å². The lowest BCUT2D eigenvalue weighted by atomic mass is 9.92. The van der Waals surface area contributed by atoms with Crippen molar-refractivity contribution >= 4 is 17.7 Å². The van der Waals surface area contributed by atoms with E-state index >= 15 is 0 Å². The summed E-state index contributed by atoms with van der Waals surface area (Å²) < 4.78 is 7.47. The molecule has 2 unspecified atom stereocenters. The summed E-state index contributed by atoms with van der Waals surface area (Å²) in [5, 5.41) is 9.52. The summed E-state index contributed by atoms with van der Waals surface area (Å²) in [7, 11) is 0. The number of aryl methyl sites for hydroxylation is 1. The van der Waals surface area contributed by atoms with Gasteiger partial charge in [-0.1, -0.05) is 43.8 Å². The van der Waals surface area contributed by atoms with E-state index in [9.17, 15) is 4.79 Å². The number of likely N-dealkylation sites (tertiary alicyclic amines) is 1. The molecule has 4 rings (SSSR count). The van der Waals surface area contributed by atoms with Crippen molar-refractivity contribution in [3.8, 4) is 17.1 Å². The first-order valence-electron chi connectivity index (χ1n) is 9.98. The minimum atomic E-state index is 0.164. The highest BCUT2D eigenvalue weighted by Crippen LogP contribution is 2.30. The summed E-state index contributed by atoms with van der Waals surface area (Å²) in [6.45, 7) is 8.03. The van der Waals surface area contributed by atoms with E-state index in [1.165, 1.54) is 18.2 Å². The number of benzene rings is 1. The highest BCUT2D eigenvalue weighted by atomic mass is 32.2. The van der Waals surface area contributed by atoms with Gasteiger partial charge in [0.15, 0.2) is 11.0 Å². The molecule has 7 heteroatoms. The van der Waals surface area contributed by atoms with E-state index < -0.39 is 0 Å². The number of nitrogens with zero attached hydrogens (tertiary/aromatic N) is 4. The summed E-state index contributed by atoms with van der Waals surface area (Å²) in [6, 6.07) is 11.9. The number of thioether (sulfide) groups is 1. The second kappa shape index (κ2) is 8.45. The van der Waals surface area contributed by atoms with E-state index in [1.54, 1.807) is 6.26 Å². The van der Waals surface area contributed by atoms with Crippen LogP contribution in [-0.4, -0.2) is 44.4 Å². The predicted molar refractivity (Wildman–Crippen MR) is 114 cm³/mol. The maximum absolute atomic E-state index is 12.8. The van der Waals surface area contributed by atoms with Gasteiger partial charge in [-0.05, 0) is 43.4 Å². The lowest BCUT2D eigenvalue weighted by Gasteiger charge is -2.34. The number of piperidine rings is 1. The van der Waals surface area contributed by atoms with E-state index in [2.05, 4.69) is 24.0 Å². The monoisotopic (exact) mass is 410 g/mol. The van der Waals surface area contributed by atoms with E-state index in [0.717, 1.165) is 35.9 Å². The SMILES string of the molecule is Cc1occc1-c1nnc(SCC(=O)N2CC(C)CC(C)C2)n1-c1ccccc1. The predicted octanol–water partition coefficient (Wildman–Crippen LogP) is 4.43. The molecule has 0 radical (unpaired) electrons. The number of hydrogen-bond donors (Lipinski definition) is 0. The van der Waals surface area contributed by atoms with Crippen molar-refractivity contribution in [1.82, 2.24) is 19.7 Å². The van der Waals surface area contributed by atoms with Crippen LogP contribution in [-0.2, 0) is 4.79 Å². The van der Waals surface area contributed by atoms with Gasteiger partial charge in [-0.15, -0.1) is 10.2 Å². The average molecular weight is 411 g/mol. The Bertz CT molecular complexity index is 972. The highest BCUT2D eigenvalue weighted by Gasteiger charge is 2.26. The molecule has 2 atom stereocenters. The van der Waals surface area contributed by atoms with Gasteiger partial charge in [0.25, 0.3) is 0 Å². The number of furan rings is 1. The topological polar surface area (TPSA) is 64.2 Å². The molecule has 152 valence electrons. The normalized spacial score (nSPS) is 19.5. The molecule has 1 aliphatic rings. The third-order valence-corrected chi connectivity index (χ3v) is 6.21. The molecular weight excluding hydrogens is 384 g/mol. The minimum Gasteiger partial charge on any atom is -0.469 e. The number of amides is 1. The van der Waals surface area contributed by atoms with E-state index in [4.69, 9.17) is 4.42 Å². The Morgan fingerprint density at radius 1 is 1.14 bits per heavy atom. The smallest absolute Gasteiger partial charge is 0.233 e. The number of rotatable bonds is 5. The number of carbonyl (C=O) groups excluding carboxylic acids is 1. The Hall–Kier alpha value is -2.54.